The van der Waals surface area contributed by atoms with Crippen LogP contribution in [0.25, 0.3) is 6.08 Å². The molecule has 4 rings (SSSR count). The van der Waals surface area contributed by atoms with Crippen molar-refractivity contribution in [3.8, 4) is 5.75 Å². The summed E-state index contributed by atoms with van der Waals surface area (Å²) in [5.74, 6) is 1.89. The van der Waals surface area contributed by atoms with E-state index in [1.807, 2.05) is 18.2 Å². The van der Waals surface area contributed by atoms with E-state index in [-0.39, 0.29) is 23.4 Å². The van der Waals surface area contributed by atoms with Crippen LogP contribution in [0.4, 0.5) is 0 Å². The van der Waals surface area contributed by atoms with Crippen LogP contribution in [0.3, 0.4) is 0 Å². The van der Waals surface area contributed by atoms with Crippen LogP contribution in [-0.4, -0.2) is 42.5 Å². The summed E-state index contributed by atoms with van der Waals surface area (Å²) in [6.45, 7) is 6.43. The van der Waals surface area contributed by atoms with Gasteiger partial charge in [-0.15, -0.1) is 11.8 Å². The Labute approximate surface area is 182 Å². The molecule has 30 heavy (non-hydrogen) atoms. The zero-order valence-electron chi connectivity index (χ0n) is 17.3. The van der Waals surface area contributed by atoms with Gasteiger partial charge in [0, 0.05) is 31.4 Å². The van der Waals surface area contributed by atoms with Gasteiger partial charge in [-0.1, -0.05) is 49.1 Å². The number of nitrogens with zero attached hydrogens (tertiary/aromatic N) is 1. The molecule has 2 aromatic carbocycles. The Hall–Kier alpha value is -2.28. The van der Waals surface area contributed by atoms with Crippen LogP contribution >= 0.6 is 11.8 Å². The number of nitrogens with one attached hydrogen (secondary N) is 2. The van der Waals surface area contributed by atoms with Crippen molar-refractivity contribution in [3.05, 3.63) is 71.8 Å². The van der Waals surface area contributed by atoms with Crippen LogP contribution in [0.5, 0.6) is 5.75 Å². The number of likely N-dealkylation sites (tertiary alicyclic amines) is 1. The molecule has 2 aliphatic rings. The van der Waals surface area contributed by atoms with Gasteiger partial charge in [-0.25, -0.2) is 0 Å². The molecule has 2 aromatic rings. The maximum atomic E-state index is 12.8. The number of hydrogen-bond donors (Lipinski definition) is 2. The molecular weight excluding hydrogens is 394 g/mol. The van der Waals surface area contributed by atoms with Crippen molar-refractivity contribution in [1.29, 1.82) is 0 Å². The quantitative estimate of drug-likeness (QED) is 0.714. The second kappa shape index (κ2) is 9.69. The SMILES string of the molecule is C=Cc1ccc(CSC2NC(=O)C3CN(Cc4ccc(OC)cc4)CCC3N2)cc1. The van der Waals surface area contributed by atoms with Gasteiger partial charge in [0.1, 0.15) is 11.2 Å². The molecule has 0 bridgehead atoms. The molecule has 0 aromatic heterocycles. The van der Waals surface area contributed by atoms with E-state index in [9.17, 15) is 4.79 Å². The van der Waals surface area contributed by atoms with E-state index in [0.717, 1.165) is 43.1 Å². The van der Waals surface area contributed by atoms with Gasteiger partial charge in [0.2, 0.25) is 5.91 Å². The van der Waals surface area contributed by atoms with Gasteiger partial charge in [-0.3, -0.25) is 15.0 Å². The summed E-state index contributed by atoms with van der Waals surface area (Å²) in [6, 6.07) is 16.8. The number of benzene rings is 2. The standard InChI is InChI=1S/C24H29N3O2S/c1-3-17-4-6-19(7-5-17)16-30-24-25-22-12-13-27(15-21(22)23(28)26-24)14-18-8-10-20(29-2)11-9-18/h3-11,21-22,24-25H,1,12-16H2,2H3,(H,26,28). The molecule has 1 amide bonds. The van der Waals surface area contributed by atoms with Gasteiger partial charge in [0.25, 0.3) is 0 Å². The lowest BCUT2D eigenvalue weighted by Crippen LogP contribution is -2.64. The van der Waals surface area contributed by atoms with E-state index in [4.69, 9.17) is 4.74 Å². The molecule has 6 heteroatoms. The van der Waals surface area contributed by atoms with E-state index in [1.165, 1.54) is 11.1 Å². The fraction of sp³-hybridized carbons (Fsp3) is 0.375. The van der Waals surface area contributed by atoms with Crippen molar-refractivity contribution in [2.45, 2.75) is 30.3 Å². The summed E-state index contributed by atoms with van der Waals surface area (Å²) in [5.41, 5.74) is 3.58. The van der Waals surface area contributed by atoms with Crippen molar-refractivity contribution in [2.24, 2.45) is 5.92 Å². The Morgan fingerprint density at radius 2 is 1.90 bits per heavy atom. The maximum absolute atomic E-state index is 12.8. The number of amides is 1. The van der Waals surface area contributed by atoms with Crippen molar-refractivity contribution in [1.82, 2.24) is 15.5 Å². The monoisotopic (exact) mass is 423 g/mol. The molecule has 2 aliphatic heterocycles. The number of hydrogen-bond acceptors (Lipinski definition) is 5. The lowest BCUT2D eigenvalue weighted by molar-refractivity contribution is -0.130. The van der Waals surface area contributed by atoms with Crippen LogP contribution in [0.15, 0.2) is 55.1 Å². The Kier molecular flexibility index (Phi) is 6.77. The van der Waals surface area contributed by atoms with Gasteiger partial charge in [-0.05, 0) is 35.2 Å². The lowest BCUT2D eigenvalue weighted by Gasteiger charge is -2.43. The fourth-order valence-electron chi connectivity index (χ4n) is 4.11. The van der Waals surface area contributed by atoms with Gasteiger partial charge in [-0.2, -0.15) is 0 Å². The third-order valence-corrected chi connectivity index (χ3v) is 6.96. The molecule has 158 valence electrons. The number of fused-ring (bicyclic) bond motifs is 1. The van der Waals surface area contributed by atoms with Crippen LogP contribution < -0.4 is 15.4 Å². The minimum Gasteiger partial charge on any atom is -0.497 e. The summed E-state index contributed by atoms with van der Waals surface area (Å²) < 4.78 is 5.23. The normalized spacial score (nSPS) is 24.0. The molecular formula is C24H29N3O2S. The van der Waals surface area contributed by atoms with Crippen molar-refractivity contribution in [2.75, 3.05) is 20.2 Å². The van der Waals surface area contributed by atoms with Crippen LogP contribution in [-0.2, 0) is 17.1 Å². The average Bonchev–Trinajstić information content (AvgIpc) is 2.79. The highest BCUT2D eigenvalue weighted by Crippen LogP contribution is 2.26. The second-order valence-corrected chi connectivity index (χ2v) is 8.99. The van der Waals surface area contributed by atoms with Crippen molar-refractivity contribution >= 4 is 23.7 Å². The minimum atomic E-state index is -0.0361. The van der Waals surface area contributed by atoms with E-state index in [1.54, 1.807) is 18.9 Å². The number of thioether (sulfide) groups is 1. The predicted octanol–water partition coefficient (Wildman–Crippen LogP) is 3.47. The van der Waals surface area contributed by atoms with Gasteiger partial charge in [0.15, 0.2) is 0 Å². The minimum absolute atomic E-state index is 0.000670. The number of ether oxygens (including phenoxy) is 1. The average molecular weight is 424 g/mol. The first-order valence-electron chi connectivity index (χ1n) is 10.4. The Bertz CT molecular complexity index is 869. The molecule has 5 nitrogen and oxygen atoms in total. The molecule has 2 heterocycles. The summed E-state index contributed by atoms with van der Waals surface area (Å²) in [7, 11) is 1.68. The second-order valence-electron chi connectivity index (χ2n) is 7.90. The Balaban J connectivity index is 1.28. The first-order chi connectivity index (χ1) is 14.6. The Morgan fingerprint density at radius 3 is 2.60 bits per heavy atom. The number of methoxy groups -OCH3 is 1. The molecule has 2 N–H and O–H groups in total. The number of piperidine rings is 1. The molecule has 3 atom stereocenters. The smallest absolute Gasteiger partial charge is 0.227 e. The highest BCUT2D eigenvalue weighted by Gasteiger charge is 2.39. The largest absolute Gasteiger partial charge is 0.497 e. The van der Waals surface area contributed by atoms with E-state index in [0.29, 0.717) is 0 Å². The molecule has 0 radical (unpaired) electrons. The summed E-state index contributed by atoms with van der Waals surface area (Å²) in [6.07, 6.45) is 2.83. The first-order valence-corrected chi connectivity index (χ1v) is 11.4. The van der Waals surface area contributed by atoms with Gasteiger partial charge in [0.05, 0.1) is 13.0 Å². The Morgan fingerprint density at radius 1 is 1.17 bits per heavy atom. The molecule has 0 saturated carbocycles. The molecule has 0 aliphatic carbocycles. The van der Waals surface area contributed by atoms with Crippen LogP contribution in [0.2, 0.25) is 0 Å². The van der Waals surface area contributed by atoms with Crippen LogP contribution in [0.1, 0.15) is 23.1 Å². The summed E-state index contributed by atoms with van der Waals surface area (Å²) >= 11 is 1.74. The topological polar surface area (TPSA) is 53.6 Å². The molecule has 2 saturated heterocycles. The third-order valence-electron chi connectivity index (χ3n) is 5.87. The van der Waals surface area contributed by atoms with Crippen molar-refractivity contribution in [3.63, 3.8) is 0 Å². The van der Waals surface area contributed by atoms with Gasteiger partial charge >= 0.3 is 0 Å². The number of carbonyl (C=O) groups is 1. The highest BCUT2D eigenvalue weighted by molar-refractivity contribution is 7.99. The zero-order chi connectivity index (χ0) is 20.9. The lowest BCUT2D eigenvalue weighted by atomic mass is 9.89. The highest BCUT2D eigenvalue weighted by atomic mass is 32.2. The maximum Gasteiger partial charge on any atom is 0.227 e. The third kappa shape index (κ3) is 5.06. The fourth-order valence-corrected chi connectivity index (χ4v) is 5.13. The first kappa shape index (κ1) is 21.0. The zero-order valence-corrected chi connectivity index (χ0v) is 18.2. The summed E-state index contributed by atoms with van der Waals surface area (Å²) in [4.78, 5) is 15.2. The van der Waals surface area contributed by atoms with E-state index < -0.39 is 0 Å². The van der Waals surface area contributed by atoms with E-state index >= 15 is 0 Å². The molecule has 0 spiro atoms. The molecule has 3 unspecified atom stereocenters. The van der Waals surface area contributed by atoms with Gasteiger partial charge < -0.3 is 10.1 Å². The number of rotatable bonds is 7. The molecule has 2 fully saturated rings. The number of carbonyl (C=O) groups excluding carboxylic acids is 1. The summed E-state index contributed by atoms with van der Waals surface area (Å²) in [5, 5.41) is 6.81. The van der Waals surface area contributed by atoms with E-state index in [2.05, 4.69) is 58.5 Å². The predicted molar refractivity (Wildman–Crippen MR) is 123 cm³/mol. The van der Waals surface area contributed by atoms with Crippen LogP contribution in [0, 0.1) is 5.92 Å². The van der Waals surface area contributed by atoms with Crippen molar-refractivity contribution < 1.29 is 9.53 Å².